The Labute approximate surface area is 69.5 Å². The Kier molecular flexibility index (Phi) is 2.02. The monoisotopic (exact) mass is 159 g/mol. The summed E-state index contributed by atoms with van der Waals surface area (Å²) >= 11 is 0. The summed E-state index contributed by atoms with van der Waals surface area (Å²) in [6.45, 7) is 1.79. The molecule has 3 radical (unpaired) electrons. The second-order valence-electron chi connectivity index (χ2n) is 2.28. The van der Waals surface area contributed by atoms with Crippen molar-refractivity contribution in [3.8, 4) is 18.1 Å². The van der Waals surface area contributed by atoms with Crippen LogP contribution < -0.4 is 5.19 Å². The van der Waals surface area contributed by atoms with Gasteiger partial charge < -0.3 is 5.11 Å². The van der Waals surface area contributed by atoms with Crippen molar-refractivity contribution in [1.29, 1.82) is 0 Å². The van der Waals surface area contributed by atoms with Crippen molar-refractivity contribution in [2.75, 3.05) is 0 Å². The molecular weight excluding hydrogens is 152 g/mol. The average Bonchev–Trinajstić information content (AvgIpc) is 1.99. The van der Waals surface area contributed by atoms with Crippen LogP contribution in [0, 0.1) is 19.3 Å². The summed E-state index contributed by atoms with van der Waals surface area (Å²) in [5.74, 6) is 2.73. The average molecular weight is 159 g/mol. The van der Waals surface area contributed by atoms with Gasteiger partial charge in [0.25, 0.3) is 0 Å². The molecule has 0 aliphatic carbocycles. The van der Waals surface area contributed by atoms with Crippen LogP contribution in [-0.4, -0.2) is 15.3 Å². The van der Waals surface area contributed by atoms with Gasteiger partial charge in [-0.05, 0) is 13.0 Å². The van der Waals surface area contributed by atoms with Gasteiger partial charge in [0.15, 0.2) is 0 Å². The van der Waals surface area contributed by atoms with Crippen molar-refractivity contribution in [1.82, 2.24) is 0 Å². The van der Waals surface area contributed by atoms with Crippen molar-refractivity contribution in [2.24, 2.45) is 0 Å². The number of terminal acetylenes is 1. The van der Waals surface area contributed by atoms with E-state index in [4.69, 9.17) is 6.42 Å². The highest BCUT2D eigenvalue weighted by Gasteiger charge is 2.02. The summed E-state index contributed by atoms with van der Waals surface area (Å²) in [7, 11) is 3.34. The molecule has 0 heterocycles. The van der Waals surface area contributed by atoms with Gasteiger partial charge in [0, 0.05) is 11.1 Å². The summed E-state index contributed by atoms with van der Waals surface area (Å²) in [6, 6.07) is 3.34. The molecule has 0 aliphatic rings. The fraction of sp³-hybridized carbons (Fsp3) is 0.111. The molecule has 53 valence electrons. The fourth-order valence-electron chi connectivity index (χ4n) is 0.887. The number of hydrogen-bond acceptors (Lipinski definition) is 1. The van der Waals surface area contributed by atoms with Crippen LogP contribution in [0.2, 0.25) is 0 Å². The number of phenols is 1. The third-order valence-electron chi connectivity index (χ3n) is 1.58. The molecule has 1 nitrogen and oxygen atoms in total. The number of rotatable bonds is 0. The summed E-state index contributed by atoms with van der Waals surface area (Å²) < 4.78 is 0. The van der Waals surface area contributed by atoms with Gasteiger partial charge in [-0.25, -0.2) is 0 Å². The molecule has 1 aromatic rings. The van der Waals surface area contributed by atoms with E-state index in [1.165, 1.54) is 0 Å². The molecule has 0 spiro atoms. The second-order valence-corrected chi connectivity index (χ2v) is 2.82. The lowest BCUT2D eigenvalue weighted by atomic mass is 10.1. The molecule has 0 saturated heterocycles. The first-order valence-electron chi connectivity index (χ1n) is 3.17. The lowest BCUT2D eigenvalue weighted by molar-refractivity contribution is 0.471. The molecule has 0 fully saturated rings. The first kappa shape index (κ1) is 7.90. The Bertz CT molecular complexity index is 323. The van der Waals surface area contributed by atoms with Crippen LogP contribution in [0.15, 0.2) is 12.1 Å². The predicted octanol–water partition coefficient (Wildman–Crippen LogP) is 0.476. The minimum atomic E-state index is 0.236. The van der Waals surface area contributed by atoms with Gasteiger partial charge in [-0.3, -0.25) is 0 Å². The Hall–Kier alpha value is -1.20. The second kappa shape index (κ2) is 2.81. The van der Waals surface area contributed by atoms with E-state index >= 15 is 0 Å². The molecule has 1 rings (SSSR count). The Morgan fingerprint density at radius 1 is 1.55 bits per heavy atom. The minimum absolute atomic E-state index is 0.236. The zero-order chi connectivity index (χ0) is 8.43. The van der Waals surface area contributed by atoms with E-state index in [2.05, 4.69) is 16.2 Å². The molecule has 0 aromatic heterocycles. The van der Waals surface area contributed by atoms with Gasteiger partial charge in [-0.15, -0.1) is 6.42 Å². The van der Waals surface area contributed by atoms with Gasteiger partial charge in [0.2, 0.25) is 0 Å². The highest BCUT2D eigenvalue weighted by molar-refractivity contribution is 6.34. The molecule has 0 atom stereocenters. The molecule has 2 heteroatoms. The van der Waals surface area contributed by atoms with Gasteiger partial charge in [0.05, 0.1) is 10.2 Å². The Morgan fingerprint density at radius 3 is 2.64 bits per heavy atom. The summed E-state index contributed by atoms with van der Waals surface area (Å²) in [5.41, 5.74) is 1.45. The van der Waals surface area contributed by atoms with E-state index in [1.54, 1.807) is 19.1 Å². The van der Waals surface area contributed by atoms with Crippen molar-refractivity contribution >= 4 is 15.4 Å². The van der Waals surface area contributed by atoms with Crippen LogP contribution in [0.25, 0.3) is 0 Å². The van der Waals surface area contributed by atoms with Crippen molar-refractivity contribution in [3.63, 3.8) is 0 Å². The largest absolute Gasteiger partial charge is 0.508 e. The van der Waals surface area contributed by atoms with Crippen LogP contribution in [-0.2, 0) is 0 Å². The van der Waals surface area contributed by atoms with Gasteiger partial charge in [-0.2, -0.15) is 0 Å². The topological polar surface area (TPSA) is 20.2 Å². The van der Waals surface area contributed by atoms with Crippen LogP contribution in [0.3, 0.4) is 0 Å². The number of aromatic hydroxyl groups is 1. The molecule has 0 unspecified atom stereocenters. The number of phenolic OH excluding ortho intramolecular Hbond substituents is 1. The van der Waals surface area contributed by atoms with Gasteiger partial charge in [0.1, 0.15) is 5.75 Å². The quantitative estimate of drug-likeness (QED) is 0.431. The maximum absolute atomic E-state index is 9.24. The molecule has 1 N–H and O–H groups in total. The Morgan fingerprint density at radius 2 is 2.18 bits per heavy atom. The maximum atomic E-state index is 9.24. The molecular formula is C9H7OSi. The van der Waals surface area contributed by atoms with Crippen LogP contribution >= 0.6 is 0 Å². The molecule has 11 heavy (non-hydrogen) atoms. The summed E-state index contributed by atoms with van der Waals surface area (Å²) in [6.07, 6.45) is 5.23. The van der Waals surface area contributed by atoms with Gasteiger partial charge >= 0.3 is 0 Å². The van der Waals surface area contributed by atoms with E-state index in [0.717, 1.165) is 10.8 Å². The summed E-state index contributed by atoms with van der Waals surface area (Å²) in [4.78, 5) is 0. The van der Waals surface area contributed by atoms with E-state index in [-0.39, 0.29) is 5.75 Å². The van der Waals surface area contributed by atoms with Crippen molar-refractivity contribution in [2.45, 2.75) is 6.92 Å². The Balaban J connectivity index is 3.44. The molecule has 1 aromatic carbocycles. The minimum Gasteiger partial charge on any atom is -0.508 e. The lowest BCUT2D eigenvalue weighted by Gasteiger charge is -2.03. The highest BCUT2D eigenvalue weighted by Crippen LogP contribution is 2.16. The molecule has 0 saturated carbocycles. The first-order chi connectivity index (χ1) is 5.16. The van der Waals surface area contributed by atoms with Crippen LogP contribution in [0.5, 0.6) is 5.75 Å². The fourth-order valence-corrected chi connectivity index (χ4v) is 1.23. The first-order valence-corrected chi connectivity index (χ1v) is 3.67. The molecule has 0 aliphatic heterocycles. The standard InChI is InChI=1S/C9H7OSi/c1-3-7-6(2)8(10)4-5-9(7)11/h1,4-5,10H,2H3. The normalized spacial score (nSPS) is 9.18. The third kappa shape index (κ3) is 1.28. The van der Waals surface area contributed by atoms with Gasteiger partial charge in [-0.1, -0.05) is 17.2 Å². The molecule has 0 bridgehead atoms. The van der Waals surface area contributed by atoms with E-state index in [9.17, 15) is 5.11 Å². The van der Waals surface area contributed by atoms with Crippen molar-refractivity contribution < 1.29 is 5.11 Å². The number of benzene rings is 1. The zero-order valence-corrected chi connectivity index (χ0v) is 7.18. The lowest BCUT2D eigenvalue weighted by Crippen LogP contribution is -2.08. The summed E-state index contributed by atoms with van der Waals surface area (Å²) in [5, 5.41) is 10.1. The predicted molar refractivity (Wildman–Crippen MR) is 46.2 cm³/mol. The maximum Gasteiger partial charge on any atom is 0.119 e. The SMILES string of the molecule is C#Cc1c([Si])ccc(O)c1C. The third-order valence-corrected chi connectivity index (χ3v) is 2.00. The van der Waals surface area contributed by atoms with Crippen LogP contribution in [0.4, 0.5) is 0 Å². The van der Waals surface area contributed by atoms with Crippen molar-refractivity contribution in [3.05, 3.63) is 23.3 Å². The van der Waals surface area contributed by atoms with E-state index in [0.29, 0.717) is 5.56 Å². The number of hydrogen-bond donors (Lipinski definition) is 1. The highest BCUT2D eigenvalue weighted by atomic mass is 28.1. The van der Waals surface area contributed by atoms with E-state index < -0.39 is 0 Å². The molecule has 0 amide bonds. The smallest absolute Gasteiger partial charge is 0.119 e. The zero-order valence-electron chi connectivity index (χ0n) is 6.18. The van der Waals surface area contributed by atoms with Crippen LogP contribution in [0.1, 0.15) is 11.1 Å². The van der Waals surface area contributed by atoms with E-state index in [1.807, 2.05) is 0 Å².